The number of fused-ring (bicyclic) bond motifs is 1. The number of nitrogens with one attached hydrogen (secondary N) is 1. The van der Waals surface area contributed by atoms with Crippen LogP contribution in [0.15, 0.2) is 0 Å². The molecule has 1 N–H and O–H groups in total. The Hall–Kier alpha value is -1.69. The molecule has 0 saturated carbocycles. The summed E-state index contributed by atoms with van der Waals surface area (Å²) in [7, 11) is 0. The molecule has 6 nitrogen and oxygen atoms in total. The zero-order chi connectivity index (χ0) is 15.5. The summed E-state index contributed by atoms with van der Waals surface area (Å²) in [6.07, 6.45) is 4.58. The molecule has 0 radical (unpaired) electrons. The van der Waals surface area contributed by atoms with Crippen LogP contribution in [0.5, 0.6) is 0 Å². The molecule has 1 amide bonds. The van der Waals surface area contributed by atoms with E-state index in [2.05, 4.69) is 15.2 Å². The molecule has 120 valence electrons. The minimum atomic E-state index is -0.0176. The highest BCUT2D eigenvalue weighted by molar-refractivity contribution is 5.72. The van der Waals surface area contributed by atoms with Gasteiger partial charge < -0.3 is 15.0 Å². The highest BCUT2D eigenvalue weighted by Crippen LogP contribution is 2.28. The Balaban J connectivity index is 1.78. The molecule has 0 bridgehead atoms. The van der Waals surface area contributed by atoms with E-state index >= 15 is 0 Å². The van der Waals surface area contributed by atoms with Gasteiger partial charge in [0, 0.05) is 37.8 Å². The number of nitrogens with zero attached hydrogens (tertiary/aromatic N) is 3. The van der Waals surface area contributed by atoms with Gasteiger partial charge in [0.25, 0.3) is 0 Å². The van der Waals surface area contributed by atoms with Gasteiger partial charge in [0.05, 0.1) is 12.7 Å². The maximum absolute atomic E-state index is 11.1. The van der Waals surface area contributed by atoms with E-state index in [4.69, 9.17) is 9.72 Å². The van der Waals surface area contributed by atoms with Crippen LogP contribution in [0.3, 0.4) is 0 Å². The minimum Gasteiger partial charge on any atom is -0.373 e. The molecule has 6 heteroatoms. The van der Waals surface area contributed by atoms with E-state index < -0.39 is 0 Å². The molecule has 1 aromatic heterocycles. The van der Waals surface area contributed by atoms with Crippen molar-refractivity contribution in [2.75, 3.05) is 31.1 Å². The topological polar surface area (TPSA) is 67.4 Å². The molecule has 1 fully saturated rings. The van der Waals surface area contributed by atoms with Crippen LogP contribution >= 0.6 is 0 Å². The second-order valence-electron chi connectivity index (χ2n) is 6.10. The molecule has 1 aliphatic heterocycles. The molecule has 1 atom stereocenters. The molecule has 1 saturated heterocycles. The quantitative estimate of drug-likeness (QED) is 0.902. The van der Waals surface area contributed by atoms with Gasteiger partial charge in [-0.2, -0.15) is 0 Å². The number of aromatic nitrogens is 2. The maximum Gasteiger partial charge on any atom is 0.216 e. The van der Waals surface area contributed by atoms with Crippen LogP contribution in [0.25, 0.3) is 0 Å². The number of rotatable bonds is 3. The van der Waals surface area contributed by atoms with E-state index in [1.54, 1.807) is 0 Å². The first-order valence-corrected chi connectivity index (χ1v) is 8.11. The van der Waals surface area contributed by atoms with Crippen molar-refractivity contribution in [1.82, 2.24) is 15.3 Å². The van der Waals surface area contributed by atoms with Gasteiger partial charge in [0.2, 0.25) is 5.91 Å². The number of anilines is 1. The van der Waals surface area contributed by atoms with Gasteiger partial charge in [-0.05, 0) is 32.6 Å². The fraction of sp³-hybridized carbons (Fsp3) is 0.688. The Morgan fingerprint density at radius 2 is 2.18 bits per heavy atom. The number of morpholine rings is 1. The lowest BCUT2D eigenvalue weighted by Gasteiger charge is -2.35. The van der Waals surface area contributed by atoms with E-state index in [1.807, 2.05) is 6.92 Å². The molecule has 0 unspecified atom stereocenters. The van der Waals surface area contributed by atoms with Crippen LogP contribution in [-0.2, 0) is 22.4 Å². The van der Waals surface area contributed by atoms with Crippen molar-refractivity contribution < 1.29 is 9.53 Å². The molecule has 2 heterocycles. The molecule has 0 spiro atoms. The Kier molecular flexibility index (Phi) is 4.57. The second kappa shape index (κ2) is 6.60. The standard InChI is InChI=1S/C16H24N4O2/c1-11-18-15-6-4-3-5-14(15)16(19-11)20-7-8-22-13(10-20)9-17-12(2)21/h13H,3-10H2,1-2H3,(H,17,21)/t13-/m0/s1. The molecule has 2 aliphatic rings. The summed E-state index contributed by atoms with van der Waals surface area (Å²) < 4.78 is 5.75. The summed E-state index contributed by atoms with van der Waals surface area (Å²) in [4.78, 5) is 22.7. The van der Waals surface area contributed by atoms with Gasteiger partial charge >= 0.3 is 0 Å². The van der Waals surface area contributed by atoms with Gasteiger partial charge in [-0.1, -0.05) is 0 Å². The van der Waals surface area contributed by atoms with Crippen LogP contribution in [-0.4, -0.2) is 48.2 Å². The number of hydrogen-bond donors (Lipinski definition) is 1. The number of carbonyl (C=O) groups is 1. The predicted octanol–water partition coefficient (Wildman–Crippen LogP) is 1.01. The Morgan fingerprint density at radius 1 is 1.36 bits per heavy atom. The average Bonchev–Trinajstić information content (AvgIpc) is 2.52. The summed E-state index contributed by atoms with van der Waals surface area (Å²) in [5, 5.41) is 2.84. The van der Waals surface area contributed by atoms with Crippen molar-refractivity contribution in [3.05, 3.63) is 17.1 Å². The first-order chi connectivity index (χ1) is 10.6. The van der Waals surface area contributed by atoms with Crippen LogP contribution in [0.4, 0.5) is 5.82 Å². The summed E-state index contributed by atoms with van der Waals surface area (Å²) in [5.74, 6) is 1.91. The Labute approximate surface area is 131 Å². The lowest BCUT2D eigenvalue weighted by molar-refractivity contribution is -0.119. The van der Waals surface area contributed by atoms with Gasteiger partial charge in [0.1, 0.15) is 11.6 Å². The highest BCUT2D eigenvalue weighted by atomic mass is 16.5. The van der Waals surface area contributed by atoms with Crippen LogP contribution in [0.2, 0.25) is 0 Å². The highest BCUT2D eigenvalue weighted by Gasteiger charge is 2.26. The van der Waals surface area contributed by atoms with Gasteiger partial charge in [-0.15, -0.1) is 0 Å². The van der Waals surface area contributed by atoms with Crippen LogP contribution < -0.4 is 10.2 Å². The fourth-order valence-corrected chi connectivity index (χ4v) is 3.25. The summed E-state index contributed by atoms with van der Waals surface area (Å²) in [5.41, 5.74) is 2.54. The molecule has 1 aromatic rings. The third-order valence-corrected chi connectivity index (χ3v) is 4.29. The SMILES string of the molecule is CC(=O)NC[C@H]1CN(c2nc(C)nc3c2CCCC3)CCO1. The molecule has 0 aromatic carbocycles. The largest absolute Gasteiger partial charge is 0.373 e. The van der Waals surface area contributed by atoms with Crippen molar-refractivity contribution >= 4 is 11.7 Å². The van der Waals surface area contributed by atoms with Gasteiger partial charge in [-0.25, -0.2) is 9.97 Å². The third-order valence-electron chi connectivity index (χ3n) is 4.29. The maximum atomic E-state index is 11.1. The number of carbonyl (C=O) groups excluding carboxylic acids is 1. The summed E-state index contributed by atoms with van der Waals surface area (Å²) >= 11 is 0. The lowest BCUT2D eigenvalue weighted by Crippen LogP contribution is -2.48. The number of amides is 1. The fourth-order valence-electron chi connectivity index (χ4n) is 3.25. The zero-order valence-corrected chi connectivity index (χ0v) is 13.4. The number of aryl methyl sites for hydroxylation is 2. The van der Waals surface area contributed by atoms with Crippen molar-refractivity contribution in [2.24, 2.45) is 0 Å². The van der Waals surface area contributed by atoms with Gasteiger partial charge in [-0.3, -0.25) is 4.79 Å². The molecule has 1 aliphatic carbocycles. The number of hydrogen-bond acceptors (Lipinski definition) is 5. The monoisotopic (exact) mass is 304 g/mol. The first-order valence-electron chi connectivity index (χ1n) is 8.11. The predicted molar refractivity (Wildman–Crippen MR) is 84.0 cm³/mol. The van der Waals surface area contributed by atoms with Gasteiger partial charge in [0.15, 0.2) is 0 Å². The lowest BCUT2D eigenvalue weighted by atomic mass is 9.96. The zero-order valence-electron chi connectivity index (χ0n) is 13.4. The Bertz CT molecular complexity index is 561. The van der Waals surface area contributed by atoms with Crippen molar-refractivity contribution in [3.8, 4) is 0 Å². The number of ether oxygens (including phenoxy) is 1. The van der Waals surface area contributed by atoms with E-state index in [0.717, 1.165) is 37.6 Å². The van der Waals surface area contributed by atoms with E-state index in [0.29, 0.717) is 13.2 Å². The van der Waals surface area contributed by atoms with Crippen LogP contribution in [0, 0.1) is 6.92 Å². The summed E-state index contributed by atoms with van der Waals surface area (Å²) in [6.45, 7) is 6.33. The smallest absolute Gasteiger partial charge is 0.216 e. The Morgan fingerprint density at radius 3 is 3.00 bits per heavy atom. The molecule has 22 heavy (non-hydrogen) atoms. The first kappa shape index (κ1) is 15.2. The van der Waals surface area contributed by atoms with Crippen molar-refractivity contribution in [2.45, 2.75) is 45.6 Å². The van der Waals surface area contributed by atoms with E-state index in [1.165, 1.54) is 31.0 Å². The minimum absolute atomic E-state index is 0.0176. The van der Waals surface area contributed by atoms with Crippen LogP contribution in [0.1, 0.15) is 36.8 Å². The van der Waals surface area contributed by atoms with Crippen molar-refractivity contribution in [3.63, 3.8) is 0 Å². The molecule has 3 rings (SSSR count). The normalized spacial score (nSPS) is 21.4. The summed E-state index contributed by atoms with van der Waals surface area (Å²) in [6, 6.07) is 0. The second-order valence-corrected chi connectivity index (χ2v) is 6.10. The molecular weight excluding hydrogens is 280 g/mol. The van der Waals surface area contributed by atoms with E-state index in [-0.39, 0.29) is 12.0 Å². The van der Waals surface area contributed by atoms with E-state index in [9.17, 15) is 4.79 Å². The molecular formula is C16H24N4O2. The van der Waals surface area contributed by atoms with Crippen molar-refractivity contribution in [1.29, 1.82) is 0 Å². The third kappa shape index (κ3) is 3.38. The average molecular weight is 304 g/mol.